The molecule has 1 atom stereocenters. The normalized spacial score (nSPS) is 11.8. The minimum atomic E-state index is -0.112. The molecule has 3 heteroatoms. The zero-order chi connectivity index (χ0) is 12.1. The van der Waals surface area contributed by atoms with Crippen molar-refractivity contribution >= 4 is 6.29 Å². The SMILES string of the molecule is CC(Oc1ccccc1C=O)c1ccncc1. The standard InChI is InChI=1S/C14H13NO2/c1-11(12-6-8-15-9-7-12)17-14-5-3-2-4-13(14)10-16/h2-11H,1H3. The van der Waals surface area contributed by atoms with Crippen molar-refractivity contribution in [3.63, 3.8) is 0 Å². The number of hydrogen-bond donors (Lipinski definition) is 0. The number of rotatable bonds is 4. The molecular formula is C14H13NO2. The second-order valence-corrected chi connectivity index (χ2v) is 3.70. The molecule has 1 heterocycles. The Morgan fingerprint density at radius 1 is 1.18 bits per heavy atom. The van der Waals surface area contributed by atoms with Crippen molar-refractivity contribution in [2.75, 3.05) is 0 Å². The van der Waals surface area contributed by atoms with Crippen molar-refractivity contribution in [2.45, 2.75) is 13.0 Å². The molecule has 2 aromatic rings. The molecule has 17 heavy (non-hydrogen) atoms. The zero-order valence-electron chi connectivity index (χ0n) is 9.54. The minimum absolute atomic E-state index is 0.112. The fourth-order valence-corrected chi connectivity index (χ4v) is 1.58. The summed E-state index contributed by atoms with van der Waals surface area (Å²) in [6.45, 7) is 1.94. The van der Waals surface area contributed by atoms with Gasteiger partial charge in [0, 0.05) is 12.4 Å². The van der Waals surface area contributed by atoms with E-state index in [2.05, 4.69) is 4.98 Å². The molecule has 86 valence electrons. The third-order valence-electron chi connectivity index (χ3n) is 2.53. The highest BCUT2D eigenvalue weighted by molar-refractivity contribution is 5.79. The van der Waals surface area contributed by atoms with Gasteiger partial charge in [-0.25, -0.2) is 0 Å². The van der Waals surface area contributed by atoms with Crippen LogP contribution in [-0.2, 0) is 0 Å². The van der Waals surface area contributed by atoms with E-state index in [9.17, 15) is 4.79 Å². The number of para-hydroxylation sites is 1. The van der Waals surface area contributed by atoms with E-state index >= 15 is 0 Å². The van der Waals surface area contributed by atoms with Gasteiger partial charge in [-0.3, -0.25) is 9.78 Å². The average Bonchev–Trinajstić information content (AvgIpc) is 2.40. The van der Waals surface area contributed by atoms with Crippen molar-refractivity contribution in [2.24, 2.45) is 0 Å². The van der Waals surface area contributed by atoms with E-state index in [1.165, 1.54) is 0 Å². The molecule has 3 nitrogen and oxygen atoms in total. The van der Waals surface area contributed by atoms with E-state index < -0.39 is 0 Å². The van der Waals surface area contributed by atoms with Crippen LogP contribution in [-0.4, -0.2) is 11.3 Å². The molecule has 1 unspecified atom stereocenters. The Morgan fingerprint density at radius 2 is 1.88 bits per heavy atom. The summed E-state index contributed by atoms with van der Waals surface area (Å²) in [7, 11) is 0. The van der Waals surface area contributed by atoms with Gasteiger partial charge in [0.2, 0.25) is 0 Å². The predicted octanol–water partition coefficient (Wildman–Crippen LogP) is 3.03. The topological polar surface area (TPSA) is 39.2 Å². The molecule has 1 aromatic carbocycles. The molecule has 0 saturated carbocycles. The predicted molar refractivity (Wildman–Crippen MR) is 65.1 cm³/mol. The van der Waals surface area contributed by atoms with Gasteiger partial charge >= 0.3 is 0 Å². The van der Waals surface area contributed by atoms with Gasteiger partial charge < -0.3 is 4.74 Å². The fraction of sp³-hybridized carbons (Fsp3) is 0.143. The van der Waals surface area contributed by atoms with Crippen LogP contribution in [0.25, 0.3) is 0 Å². The lowest BCUT2D eigenvalue weighted by Gasteiger charge is -2.15. The van der Waals surface area contributed by atoms with Crippen molar-refractivity contribution < 1.29 is 9.53 Å². The number of nitrogens with zero attached hydrogens (tertiary/aromatic N) is 1. The first kappa shape index (κ1) is 11.3. The monoisotopic (exact) mass is 227 g/mol. The lowest BCUT2D eigenvalue weighted by Crippen LogP contribution is -2.04. The van der Waals surface area contributed by atoms with Crippen LogP contribution in [0.5, 0.6) is 5.75 Å². The summed E-state index contributed by atoms with van der Waals surface area (Å²) in [4.78, 5) is 14.8. The van der Waals surface area contributed by atoms with Gasteiger partial charge in [-0.05, 0) is 36.8 Å². The summed E-state index contributed by atoms with van der Waals surface area (Å²) in [5.41, 5.74) is 1.59. The number of ether oxygens (including phenoxy) is 1. The van der Waals surface area contributed by atoms with Crippen LogP contribution in [0.4, 0.5) is 0 Å². The Labute approximate surface area is 100 Å². The number of aromatic nitrogens is 1. The minimum Gasteiger partial charge on any atom is -0.485 e. The molecule has 0 spiro atoms. The Bertz CT molecular complexity index is 497. The molecule has 0 bridgehead atoms. The van der Waals surface area contributed by atoms with Gasteiger partial charge in [0.05, 0.1) is 5.56 Å². The van der Waals surface area contributed by atoms with E-state index in [0.29, 0.717) is 11.3 Å². The maximum atomic E-state index is 10.9. The van der Waals surface area contributed by atoms with E-state index in [4.69, 9.17) is 4.74 Å². The number of pyridine rings is 1. The molecule has 1 aromatic heterocycles. The quantitative estimate of drug-likeness (QED) is 0.753. The van der Waals surface area contributed by atoms with Gasteiger partial charge in [-0.1, -0.05) is 12.1 Å². The molecule has 0 radical (unpaired) electrons. The van der Waals surface area contributed by atoms with Crippen molar-refractivity contribution in [3.05, 3.63) is 59.9 Å². The summed E-state index contributed by atoms with van der Waals surface area (Å²) >= 11 is 0. The van der Waals surface area contributed by atoms with Crippen LogP contribution < -0.4 is 4.74 Å². The highest BCUT2D eigenvalue weighted by Gasteiger charge is 2.09. The van der Waals surface area contributed by atoms with Gasteiger partial charge in [-0.15, -0.1) is 0 Å². The zero-order valence-corrected chi connectivity index (χ0v) is 9.54. The first-order valence-corrected chi connectivity index (χ1v) is 5.42. The number of carbonyl (C=O) groups excluding carboxylic acids is 1. The van der Waals surface area contributed by atoms with Crippen LogP contribution in [0.15, 0.2) is 48.8 Å². The highest BCUT2D eigenvalue weighted by atomic mass is 16.5. The van der Waals surface area contributed by atoms with Crippen LogP contribution in [0.3, 0.4) is 0 Å². The Balaban J connectivity index is 2.18. The Morgan fingerprint density at radius 3 is 2.59 bits per heavy atom. The van der Waals surface area contributed by atoms with E-state index in [-0.39, 0.29) is 6.10 Å². The second-order valence-electron chi connectivity index (χ2n) is 3.70. The molecular weight excluding hydrogens is 214 g/mol. The smallest absolute Gasteiger partial charge is 0.153 e. The molecule has 0 aliphatic rings. The van der Waals surface area contributed by atoms with Crippen LogP contribution in [0.2, 0.25) is 0 Å². The molecule has 2 rings (SSSR count). The molecule has 0 fully saturated rings. The number of hydrogen-bond acceptors (Lipinski definition) is 3. The second kappa shape index (κ2) is 5.25. The summed E-state index contributed by atoms with van der Waals surface area (Å²) in [6.07, 6.45) is 4.13. The fourth-order valence-electron chi connectivity index (χ4n) is 1.58. The van der Waals surface area contributed by atoms with Crippen LogP contribution in [0.1, 0.15) is 28.9 Å². The Kier molecular flexibility index (Phi) is 3.50. The third kappa shape index (κ3) is 2.69. The van der Waals surface area contributed by atoms with Crippen molar-refractivity contribution in [1.82, 2.24) is 4.98 Å². The summed E-state index contributed by atoms with van der Waals surface area (Å²) in [6, 6.07) is 11.0. The molecule has 0 amide bonds. The number of carbonyl (C=O) groups is 1. The first-order chi connectivity index (χ1) is 8.31. The lowest BCUT2D eigenvalue weighted by atomic mass is 10.1. The lowest BCUT2D eigenvalue weighted by molar-refractivity contribution is 0.111. The van der Waals surface area contributed by atoms with Crippen LogP contribution >= 0.6 is 0 Å². The van der Waals surface area contributed by atoms with Crippen molar-refractivity contribution in [1.29, 1.82) is 0 Å². The van der Waals surface area contributed by atoms with E-state index in [1.54, 1.807) is 24.5 Å². The largest absolute Gasteiger partial charge is 0.485 e. The Hall–Kier alpha value is -2.16. The van der Waals surface area contributed by atoms with E-state index in [0.717, 1.165) is 11.8 Å². The average molecular weight is 227 g/mol. The summed E-state index contributed by atoms with van der Waals surface area (Å²) in [5, 5.41) is 0. The molecule has 0 aliphatic heterocycles. The van der Waals surface area contributed by atoms with Gasteiger partial charge in [0.1, 0.15) is 11.9 Å². The first-order valence-electron chi connectivity index (χ1n) is 5.42. The third-order valence-corrected chi connectivity index (χ3v) is 2.53. The summed E-state index contributed by atoms with van der Waals surface area (Å²) in [5.74, 6) is 0.604. The molecule has 0 saturated heterocycles. The van der Waals surface area contributed by atoms with Crippen LogP contribution in [0, 0.1) is 0 Å². The van der Waals surface area contributed by atoms with Gasteiger partial charge in [0.25, 0.3) is 0 Å². The van der Waals surface area contributed by atoms with E-state index in [1.807, 2.05) is 31.2 Å². The maximum absolute atomic E-state index is 10.9. The summed E-state index contributed by atoms with van der Waals surface area (Å²) < 4.78 is 5.76. The highest BCUT2D eigenvalue weighted by Crippen LogP contribution is 2.23. The number of benzene rings is 1. The number of aldehydes is 1. The molecule has 0 N–H and O–H groups in total. The van der Waals surface area contributed by atoms with Crippen molar-refractivity contribution in [3.8, 4) is 5.75 Å². The van der Waals surface area contributed by atoms with Gasteiger partial charge in [0.15, 0.2) is 6.29 Å². The molecule has 0 aliphatic carbocycles. The maximum Gasteiger partial charge on any atom is 0.153 e. The van der Waals surface area contributed by atoms with Gasteiger partial charge in [-0.2, -0.15) is 0 Å².